The number of carbonyl (C=O) groups excluding carboxylic acids is 2. The first-order valence-corrected chi connectivity index (χ1v) is 9.17. The fourth-order valence-corrected chi connectivity index (χ4v) is 3.66. The van der Waals surface area contributed by atoms with Gasteiger partial charge in [0.05, 0.1) is 11.4 Å². The van der Waals surface area contributed by atoms with Crippen LogP contribution < -0.4 is 15.5 Å². The number of carbonyl (C=O) groups is 2. The first kappa shape index (κ1) is 17.7. The van der Waals surface area contributed by atoms with Gasteiger partial charge in [0.1, 0.15) is 0 Å². The maximum Gasteiger partial charge on any atom is 0.253 e. The summed E-state index contributed by atoms with van der Waals surface area (Å²) in [4.78, 5) is 28.7. The van der Waals surface area contributed by atoms with Gasteiger partial charge < -0.3 is 20.4 Å². The van der Waals surface area contributed by atoms with Crippen LogP contribution in [0.15, 0.2) is 18.2 Å². The second kappa shape index (κ2) is 7.87. The van der Waals surface area contributed by atoms with E-state index in [1.54, 1.807) is 0 Å². The molecule has 25 heavy (non-hydrogen) atoms. The highest BCUT2D eigenvalue weighted by atomic mass is 16.2. The Morgan fingerprint density at radius 1 is 1.28 bits per heavy atom. The van der Waals surface area contributed by atoms with Crippen LogP contribution in [0.2, 0.25) is 0 Å². The summed E-state index contributed by atoms with van der Waals surface area (Å²) in [5.41, 5.74) is 2.36. The normalized spacial score (nSPS) is 18.6. The Balaban J connectivity index is 1.68. The van der Waals surface area contributed by atoms with Gasteiger partial charge in [0.15, 0.2) is 0 Å². The number of likely N-dealkylation sites (tertiary alicyclic amines) is 1. The minimum absolute atomic E-state index is 0.000506. The molecule has 0 aromatic heterocycles. The monoisotopic (exact) mass is 344 g/mol. The largest absolute Gasteiger partial charge is 0.372 e. The van der Waals surface area contributed by atoms with Crippen LogP contribution in [0.25, 0.3) is 0 Å². The van der Waals surface area contributed by atoms with Crippen LogP contribution in [0.3, 0.4) is 0 Å². The molecule has 0 bridgehead atoms. The molecule has 6 heteroatoms. The molecule has 136 valence electrons. The minimum atomic E-state index is 0.000506. The van der Waals surface area contributed by atoms with Crippen molar-refractivity contribution in [3.05, 3.63) is 23.8 Å². The Morgan fingerprint density at radius 3 is 2.76 bits per heavy atom. The molecule has 0 atom stereocenters. The lowest BCUT2D eigenvalue weighted by atomic mass is 9.93. The van der Waals surface area contributed by atoms with Gasteiger partial charge in [-0.2, -0.15) is 0 Å². The van der Waals surface area contributed by atoms with Gasteiger partial charge in [0.25, 0.3) is 5.91 Å². The van der Waals surface area contributed by atoms with Gasteiger partial charge in [-0.15, -0.1) is 0 Å². The Hall–Kier alpha value is -2.08. The maximum atomic E-state index is 12.8. The van der Waals surface area contributed by atoms with Crippen molar-refractivity contribution in [3.63, 3.8) is 0 Å². The molecule has 6 nitrogen and oxygen atoms in total. The van der Waals surface area contributed by atoms with Crippen molar-refractivity contribution in [2.45, 2.75) is 25.7 Å². The van der Waals surface area contributed by atoms with E-state index in [2.05, 4.69) is 15.5 Å². The Labute approximate surface area is 149 Å². The minimum Gasteiger partial charge on any atom is -0.372 e. The van der Waals surface area contributed by atoms with Crippen molar-refractivity contribution in [1.29, 1.82) is 0 Å². The van der Waals surface area contributed by atoms with Crippen LogP contribution in [0, 0.1) is 5.92 Å². The molecule has 1 saturated heterocycles. The van der Waals surface area contributed by atoms with Crippen LogP contribution in [-0.2, 0) is 4.79 Å². The first-order valence-electron chi connectivity index (χ1n) is 9.17. The quantitative estimate of drug-likeness (QED) is 0.876. The van der Waals surface area contributed by atoms with E-state index in [0.717, 1.165) is 43.9 Å². The predicted molar refractivity (Wildman–Crippen MR) is 100 cm³/mol. The SMILES string of the molecule is CNCCC1CCN(C(=O)c2ccc3c(c2)NC(=O)CCN3C)CC1. The van der Waals surface area contributed by atoms with E-state index in [-0.39, 0.29) is 11.8 Å². The highest BCUT2D eigenvalue weighted by Crippen LogP contribution is 2.30. The summed E-state index contributed by atoms with van der Waals surface area (Å²) in [6.07, 6.45) is 3.78. The number of hydrogen-bond acceptors (Lipinski definition) is 4. The third-order valence-corrected chi connectivity index (χ3v) is 5.31. The average Bonchev–Trinajstić information content (AvgIpc) is 2.77. The number of nitrogens with zero attached hydrogens (tertiary/aromatic N) is 2. The molecular weight excluding hydrogens is 316 g/mol. The zero-order valence-corrected chi connectivity index (χ0v) is 15.2. The van der Waals surface area contributed by atoms with Crippen molar-refractivity contribution >= 4 is 23.2 Å². The second-order valence-electron chi connectivity index (χ2n) is 7.08. The van der Waals surface area contributed by atoms with Crippen molar-refractivity contribution in [2.24, 2.45) is 5.92 Å². The van der Waals surface area contributed by atoms with Gasteiger partial charge in [0, 0.05) is 38.7 Å². The van der Waals surface area contributed by atoms with E-state index < -0.39 is 0 Å². The maximum absolute atomic E-state index is 12.8. The van der Waals surface area contributed by atoms with E-state index in [1.807, 2.05) is 37.2 Å². The van der Waals surface area contributed by atoms with Gasteiger partial charge in [0.2, 0.25) is 5.91 Å². The molecule has 0 unspecified atom stereocenters. The number of nitrogens with one attached hydrogen (secondary N) is 2. The van der Waals surface area contributed by atoms with Crippen LogP contribution in [-0.4, -0.2) is 57.0 Å². The summed E-state index contributed by atoms with van der Waals surface area (Å²) >= 11 is 0. The van der Waals surface area contributed by atoms with Crippen molar-refractivity contribution < 1.29 is 9.59 Å². The van der Waals surface area contributed by atoms with Gasteiger partial charge in [-0.3, -0.25) is 9.59 Å². The topological polar surface area (TPSA) is 64.7 Å². The highest BCUT2D eigenvalue weighted by Gasteiger charge is 2.25. The van der Waals surface area contributed by atoms with Crippen LogP contribution >= 0.6 is 0 Å². The summed E-state index contributed by atoms with van der Waals surface area (Å²) in [6.45, 7) is 3.36. The summed E-state index contributed by atoms with van der Waals surface area (Å²) in [6, 6.07) is 5.64. The molecule has 2 N–H and O–H groups in total. The summed E-state index contributed by atoms with van der Waals surface area (Å²) < 4.78 is 0. The number of anilines is 2. The summed E-state index contributed by atoms with van der Waals surface area (Å²) in [5, 5.41) is 6.12. The second-order valence-corrected chi connectivity index (χ2v) is 7.08. The number of amides is 2. The van der Waals surface area contributed by atoms with E-state index >= 15 is 0 Å². The number of rotatable bonds is 4. The zero-order chi connectivity index (χ0) is 17.8. The van der Waals surface area contributed by atoms with E-state index in [0.29, 0.717) is 24.4 Å². The average molecular weight is 344 g/mol. The summed E-state index contributed by atoms with van der Waals surface area (Å²) in [5.74, 6) is 0.771. The van der Waals surface area contributed by atoms with Gasteiger partial charge in [-0.05, 0) is 57.0 Å². The lowest BCUT2D eigenvalue weighted by Crippen LogP contribution is -2.39. The van der Waals surface area contributed by atoms with E-state index in [1.165, 1.54) is 6.42 Å². The molecule has 0 saturated carbocycles. The lowest BCUT2D eigenvalue weighted by molar-refractivity contribution is -0.115. The third kappa shape index (κ3) is 4.12. The molecule has 0 radical (unpaired) electrons. The van der Waals surface area contributed by atoms with Crippen molar-refractivity contribution in [3.8, 4) is 0 Å². The molecule has 2 amide bonds. The third-order valence-electron chi connectivity index (χ3n) is 5.31. The smallest absolute Gasteiger partial charge is 0.253 e. The Kier molecular flexibility index (Phi) is 5.58. The van der Waals surface area contributed by atoms with Crippen LogP contribution in [0.4, 0.5) is 11.4 Å². The molecule has 1 aromatic carbocycles. The standard InChI is InChI=1S/C19H28N4O2/c1-20-9-5-14-6-11-23(12-7-14)19(25)15-3-4-17-16(13-15)21-18(24)8-10-22(17)2/h3-4,13-14,20H,5-12H2,1-2H3,(H,21,24). The Bertz CT molecular complexity index is 638. The number of piperidine rings is 1. The Morgan fingerprint density at radius 2 is 2.04 bits per heavy atom. The fraction of sp³-hybridized carbons (Fsp3) is 0.579. The molecule has 2 heterocycles. The molecule has 0 aliphatic carbocycles. The molecule has 3 rings (SSSR count). The zero-order valence-electron chi connectivity index (χ0n) is 15.2. The number of benzene rings is 1. The number of fused-ring (bicyclic) bond motifs is 1. The lowest BCUT2D eigenvalue weighted by Gasteiger charge is -2.32. The van der Waals surface area contributed by atoms with Crippen molar-refractivity contribution in [1.82, 2.24) is 10.2 Å². The van der Waals surface area contributed by atoms with Gasteiger partial charge >= 0.3 is 0 Å². The highest BCUT2D eigenvalue weighted by molar-refractivity contribution is 6.00. The molecule has 1 aromatic rings. The molecule has 1 fully saturated rings. The molecular formula is C19H28N4O2. The van der Waals surface area contributed by atoms with Crippen LogP contribution in [0.5, 0.6) is 0 Å². The van der Waals surface area contributed by atoms with Crippen molar-refractivity contribution in [2.75, 3.05) is 50.5 Å². The molecule has 2 aliphatic rings. The van der Waals surface area contributed by atoms with E-state index in [4.69, 9.17) is 0 Å². The predicted octanol–water partition coefficient (Wildman–Crippen LogP) is 1.93. The summed E-state index contributed by atoms with van der Waals surface area (Å²) in [7, 11) is 3.95. The first-order chi connectivity index (χ1) is 12.1. The van der Waals surface area contributed by atoms with Gasteiger partial charge in [-0.25, -0.2) is 0 Å². The number of hydrogen-bond donors (Lipinski definition) is 2. The fourth-order valence-electron chi connectivity index (χ4n) is 3.66. The van der Waals surface area contributed by atoms with E-state index in [9.17, 15) is 9.59 Å². The van der Waals surface area contributed by atoms with Crippen LogP contribution in [0.1, 0.15) is 36.0 Å². The molecule has 2 aliphatic heterocycles. The molecule has 0 spiro atoms. The van der Waals surface area contributed by atoms with Gasteiger partial charge in [-0.1, -0.05) is 0 Å².